The molecule has 0 spiro atoms. The average Bonchev–Trinajstić information content (AvgIpc) is 1.63. The Kier molecular flexibility index (Phi) is 2.74. The zero-order valence-corrected chi connectivity index (χ0v) is 4.48. The molecule has 0 saturated heterocycles. The van der Waals surface area contributed by atoms with E-state index < -0.39 is 0 Å². The molecule has 0 aliphatic heterocycles. The lowest BCUT2D eigenvalue weighted by Gasteiger charge is -1.86. The van der Waals surface area contributed by atoms with Crippen molar-refractivity contribution >= 4 is 11.9 Å². The van der Waals surface area contributed by atoms with Crippen LogP contribution in [0.15, 0.2) is 15.4 Å². The summed E-state index contributed by atoms with van der Waals surface area (Å²) >= 11 is 0. The summed E-state index contributed by atoms with van der Waals surface area (Å²) in [4.78, 5) is 12.5. The van der Waals surface area contributed by atoms with Gasteiger partial charge in [-0.05, 0) is 0 Å². The van der Waals surface area contributed by atoms with E-state index in [0.29, 0.717) is 0 Å². The molecule has 0 rings (SSSR count). The minimum Gasteiger partial charge on any atom is -0.370 e. The Bertz CT molecular complexity index is 154. The topological polar surface area (TPSA) is 132 Å². The number of aliphatic imine (C=N–C) groups is 1. The third-order valence-corrected chi connectivity index (χ3v) is 0.387. The van der Waals surface area contributed by atoms with Crippen molar-refractivity contribution in [1.29, 1.82) is 0 Å². The minimum atomic E-state index is -0.356. The van der Waals surface area contributed by atoms with Gasteiger partial charge in [-0.1, -0.05) is 5.10 Å². The molecular formula is C2H6N6O. The third kappa shape index (κ3) is 4.19. The Morgan fingerprint density at radius 2 is 1.78 bits per heavy atom. The van der Waals surface area contributed by atoms with Crippen LogP contribution in [-0.2, 0) is 0 Å². The molecule has 0 bridgehead atoms. The van der Waals surface area contributed by atoms with Crippen LogP contribution in [-0.4, -0.2) is 11.9 Å². The summed E-state index contributed by atoms with van der Waals surface area (Å²) in [5.74, 6) is -0.620. The molecular weight excluding hydrogens is 124 g/mol. The lowest BCUT2D eigenvalue weighted by atomic mass is 11.0. The van der Waals surface area contributed by atoms with Crippen LogP contribution in [0, 0.1) is 4.91 Å². The first kappa shape index (κ1) is 7.34. The summed E-state index contributed by atoms with van der Waals surface area (Å²) in [6.07, 6.45) is 0. The van der Waals surface area contributed by atoms with Crippen molar-refractivity contribution in [1.82, 2.24) is 0 Å². The van der Waals surface area contributed by atoms with Crippen molar-refractivity contribution in [2.75, 3.05) is 0 Å². The first-order valence-corrected chi connectivity index (χ1v) is 1.92. The van der Waals surface area contributed by atoms with Gasteiger partial charge < -0.3 is 17.2 Å². The Morgan fingerprint density at radius 1 is 1.22 bits per heavy atom. The van der Waals surface area contributed by atoms with Gasteiger partial charge in [0.2, 0.25) is 5.96 Å². The molecule has 0 radical (unpaired) electrons. The van der Waals surface area contributed by atoms with Crippen LogP contribution in [0.3, 0.4) is 0 Å². The summed E-state index contributed by atoms with van der Waals surface area (Å²) in [7, 11) is 0. The molecule has 0 aromatic carbocycles. The highest BCUT2D eigenvalue weighted by molar-refractivity contribution is 5.92. The molecule has 0 aliphatic rings. The zero-order chi connectivity index (χ0) is 7.28. The van der Waals surface area contributed by atoms with Gasteiger partial charge in [-0.15, -0.1) is 4.91 Å². The van der Waals surface area contributed by atoms with E-state index in [1.807, 2.05) is 0 Å². The molecule has 7 nitrogen and oxygen atoms in total. The van der Waals surface area contributed by atoms with E-state index in [1.165, 1.54) is 0 Å². The maximum atomic E-state index is 9.33. The average molecular weight is 130 g/mol. The lowest BCUT2D eigenvalue weighted by Crippen LogP contribution is -2.26. The fourth-order valence-electron chi connectivity index (χ4n) is 0.196. The second kappa shape index (κ2) is 3.36. The predicted octanol–water partition coefficient (Wildman–Crippen LogP) is -1.74. The Labute approximate surface area is 50.6 Å². The van der Waals surface area contributed by atoms with Crippen LogP contribution in [0.25, 0.3) is 0 Å². The standard InChI is InChI=1S/C2H6N6O/c3-1(4)6-2(5)7-8-9/h(H6,3,4,5,6,7,9). The number of hydrogen-bond donors (Lipinski definition) is 3. The fraction of sp³-hybridized carbons (Fsp3) is 0. The molecule has 0 amide bonds. The largest absolute Gasteiger partial charge is 0.370 e. The van der Waals surface area contributed by atoms with Gasteiger partial charge in [0.25, 0.3) is 0 Å². The molecule has 0 aromatic heterocycles. The van der Waals surface area contributed by atoms with Gasteiger partial charge in [-0.2, -0.15) is 4.99 Å². The number of guanidine groups is 2. The van der Waals surface area contributed by atoms with Gasteiger partial charge in [-0.3, -0.25) is 0 Å². The summed E-state index contributed by atoms with van der Waals surface area (Å²) in [6.45, 7) is 0. The van der Waals surface area contributed by atoms with Gasteiger partial charge in [0.15, 0.2) is 5.96 Å². The monoisotopic (exact) mass is 130 g/mol. The maximum absolute atomic E-state index is 9.33. The third-order valence-electron chi connectivity index (χ3n) is 0.387. The molecule has 0 fully saturated rings. The summed E-state index contributed by atoms with van der Waals surface area (Å²) in [6, 6.07) is 0. The SMILES string of the molecule is NC(N)=N/C(N)=N/N=O. The normalized spacial score (nSPS) is 10.4. The quantitative estimate of drug-likeness (QED) is 0.168. The van der Waals surface area contributed by atoms with E-state index in [0.717, 1.165) is 0 Å². The first-order valence-electron chi connectivity index (χ1n) is 1.92. The van der Waals surface area contributed by atoms with E-state index in [9.17, 15) is 4.91 Å². The molecule has 0 atom stereocenters. The summed E-state index contributed by atoms with van der Waals surface area (Å²) in [5, 5.41) is 4.86. The maximum Gasteiger partial charge on any atom is 0.246 e. The minimum absolute atomic E-state index is 0.264. The van der Waals surface area contributed by atoms with Crippen LogP contribution in [0.5, 0.6) is 0 Å². The second-order valence-corrected chi connectivity index (χ2v) is 1.08. The summed E-state index contributed by atoms with van der Waals surface area (Å²) in [5.41, 5.74) is 14.6. The first-order chi connectivity index (χ1) is 4.16. The number of nitrogens with zero attached hydrogens (tertiary/aromatic N) is 3. The van der Waals surface area contributed by atoms with Crippen molar-refractivity contribution in [2.24, 2.45) is 32.6 Å². The van der Waals surface area contributed by atoms with Crippen molar-refractivity contribution in [3.05, 3.63) is 4.91 Å². The molecule has 7 heteroatoms. The van der Waals surface area contributed by atoms with Crippen LogP contribution in [0.4, 0.5) is 0 Å². The van der Waals surface area contributed by atoms with Crippen LogP contribution < -0.4 is 17.2 Å². The van der Waals surface area contributed by atoms with Gasteiger partial charge in [0, 0.05) is 0 Å². The van der Waals surface area contributed by atoms with E-state index in [2.05, 4.69) is 15.4 Å². The molecule has 9 heavy (non-hydrogen) atoms. The fourth-order valence-corrected chi connectivity index (χ4v) is 0.196. The van der Waals surface area contributed by atoms with E-state index >= 15 is 0 Å². The summed E-state index contributed by atoms with van der Waals surface area (Å²) < 4.78 is 0. The van der Waals surface area contributed by atoms with E-state index in [-0.39, 0.29) is 11.9 Å². The van der Waals surface area contributed by atoms with Crippen molar-refractivity contribution in [2.45, 2.75) is 0 Å². The highest BCUT2D eigenvalue weighted by atomic mass is 16.3. The smallest absolute Gasteiger partial charge is 0.246 e. The van der Waals surface area contributed by atoms with Gasteiger partial charge in [-0.25, -0.2) is 0 Å². The Balaban J connectivity index is 4.05. The molecule has 6 N–H and O–H groups in total. The van der Waals surface area contributed by atoms with Gasteiger partial charge in [0.05, 0.1) is 5.29 Å². The molecule has 0 aliphatic carbocycles. The van der Waals surface area contributed by atoms with Crippen molar-refractivity contribution in [3.8, 4) is 0 Å². The number of rotatable bonds is 1. The second-order valence-electron chi connectivity index (χ2n) is 1.08. The van der Waals surface area contributed by atoms with Gasteiger partial charge >= 0.3 is 0 Å². The van der Waals surface area contributed by atoms with Crippen LogP contribution in [0.1, 0.15) is 0 Å². The van der Waals surface area contributed by atoms with Crippen LogP contribution in [0.2, 0.25) is 0 Å². The highest BCUT2D eigenvalue weighted by Gasteiger charge is 1.85. The van der Waals surface area contributed by atoms with E-state index in [1.54, 1.807) is 0 Å². The molecule has 0 unspecified atom stereocenters. The lowest BCUT2D eigenvalue weighted by molar-refractivity contribution is 1.18. The molecule has 0 aromatic rings. The zero-order valence-electron chi connectivity index (χ0n) is 4.48. The van der Waals surface area contributed by atoms with Crippen LogP contribution >= 0.6 is 0 Å². The van der Waals surface area contributed by atoms with E-state index in [4.69, 9.17) is 17.2 Å². The molecule has 50 valence electrons. The molecule has 0 saturated carbocycles. The van der Waals surface area contributed by atoms with Crippen molar-refractivity contribution < 1.29 is 0 Å². The molecule has 0 heterocycles. The van der Waals surface area contributed by atoms with Gasteiger partial charge in [0.1, 0.15) is 0 Å². The number of nitrogens with two attached hydrogens (primary N) is 3. The van der Waals surface area contributed by atoms with Crippen molar-refractivity contribution in [3.63, 3.8) is 0 Å². The Hall–Kier alpha value is -1.66. The highest BCUT2D eigenvalue weighted by Crippen LogP contribution is 1.71. The number of nitroso groups, excluding NO2 is 1. The number of hydrogen-bond acceptors (Lipinski definition) is 2. The predicted molar refractivity (Wildman–Crippen MR) is 33.2 cm³/mol. The Morgan fingerprint density at radius 3 is 2.11 bits per heavy atom.